The summed E-state index contributed by atoms with van der Waals surface area (Å²) in [6.07, 6.45) is 5.87. The first-order valence-corrected chi connectivity index (χ1v) is 6.70. The Morgan fingerprint density at radius 2 is 1.87 bits per heavy atom. The van der Waals surface area contributed by atoms with Crippen molar-refractivity contribution < 1.29 is 0 Å². The van der Waals surface area contributed by atoms with Crippen molar-refractivity contribution in [3.63, 3.8) is 0 Å². The Morgan fingerprint density at radius 1 is 1.13 bits per heavy atom. The molecule has 0 aromatic rings. The Morgan fingerprint density at radius 3 is 2.53 bits per heavy atom. The summed E-state index contributed by atoms with van der Waals surface area (Å²) >= 11 is 0. The molecule has 1 unspecified atom stereocenters. The van der Waals surface area contributed by atoms with E-state index in [2.05, 4.69) is 24.1 Å². The van der Waals surface area contributed by atoms with Gasteiger partial charge in [-0.2, -0.15) is 0 Å². The molecule has 15 heavy (non-hydrogen) atoms. The first-order chi connectivity index (χ1) is 7.24. The highest BCUT2D eigenvalue weighted by atomic mass is 15.2. The van der Waals surface area contributed by atoms with Gasteiger partial charge in [0.25, 0.3) is 0 Å². The monoisotopic (exact) mass is 210 g/mol. The lowest BCUT2D eigenvalue weighted by molar-refractivity contribution is 0.151. The molecule has 1 saturated heterocycles. The second-order valence-electron chi connectivity index (χ2n) is 5.74. The van der Waals surface area contributed by atoms with Crippen LogP contribution < -0.4 is 5.32 Å². The van der Waals surface area contributed by atoms with Crippen molar-refractivity contribution in [3.05, 3.63) is 0 Å². The maximum atomic E-state index is 3.51. The van der Waals surface area contributed by atoms with Crippen LogP contribution in [0.5, 0.6) is 0 Å². The minimum Gasteiger partial charge on any atom is -0.312 e. The zero-order valence-electron chi connectivity index (χ0n) is 10.3. The molecule has 1 heterocycles. The van der Waals surface area contributed by atoms with Gasteiger partial charge in [-0.3, -0.25) is 0 Å². The van der Waals surface area contributed by atoms with Gasteiger partial charge in [0.15, 0.2) is 0 Å². The lowest BCUT2D eigenvalue weighted by atomic mass is 9.82. The summed E-state index contributed by atoms with van der Waals surface area (Å²) in [6, 6.07) is 0.696. The van der Waals surface area contributed by atoms with Crippen molar-refractivity contribution in [1.29, 1.82) is 0 Å². The molecule has 0 aromatic heterocycles. The number of nitrogens with one attached hydrogen (secondary N) is 1. The number of nitrogens with zero attached hydrogens (tertiary/aromatic N) is 1. The van der Waals surface area contributed by atoms with Crippen molar-refractivity contribution in [3.8, 4) is 0 Å². The molecule has 2 nitrogen and oxygen atoms in total. The van der Waals surface area contributed by atoms with E-state index in [4.69, 9.17) is 0 Å². The highest BCUT2D eigenvalue weighted by molar-refractivity contribution is 4.79. The van der Waals surface area contributed by atoms with E-state index in [0.29, 0.717) is 6.04 Å². The van der Waals surface area contributed by atoms with Gasteiger partial charge in [0.05, 0.1) is 0 Å². The van der Waals surface area contributed by atoms with Crippen molar-refractivity contribution in [2.75, 3.05) is 26.2 Å². The molecule has 0 amide bonds. The van der Waals surface area contributed by atoms with E-state index >= 15 is 0 Å². The standard InChI is InChI=1S/C13H26N2/c1-11-3-5-13(6-4-11)10-15-8-7-14-12(2)9-15/h11-14H,3-10H2,1-2H3. The third kappa shape index (κ3) is 3.46. The van der Waals surface area contributed by atoms with Crippen molar-refractivity contribution in [2.45, 2.75) is 45.6 Å². The lowest BCUT2D eigenvalue weighted by Crippen LogP contribution is -2.50. The molecule has 1 aliphatic heterocycles. The Hall–Kier alpha value is -0.0800. The quantitative estimate of drug-likeness (QED) is 0.751. The van der Waals surface area contributed by atoms with Gasteiger partial charge in [-0.25, -0.2) is 0 Å². The largest absolute Gasteiger partial charge is 0.312 e. The highest BCUT2D eigenvalue weighted by Crippen LogP contribution is 2.28. The van der Waals surface area contributed by atoms with Gasteiger partial charge >= 0.3 is 0 Å². The van der Waals surface area contributed by atoms with Crippen LogP contribution in [-0.2, 0) is 0 Å². The van der Waals surface area contributed by atoms with Crippen LogP contribution in [0.4, 0.5) is 0 Å². The minimum atomic E-state index is 0.696. The Labute approximate surface area is 94.4 Å². The van der Waals surface area contributed by atoms with Crippen LogP contribution in [-0.4, -0.2) is 37.1 Å². The number of piperazine rings is 1. The topological polar surface area (TPSA) is 15.3 Å². The predicted molar refractivity (Wildman–Crippen MR) is 65.0 cm³/mol. The van der Waals surface area contributed by atoms with E-state index in [1.165, 1.54) is 51.9 Å². The maximum Gasteiger partial charge on any atom is 0.0167 e. The minimum absolute atomic E-state index is 0.696. The average Bonchev–Trinajstić information content (AvgIpc) is 2.22. The van der Waals surface area contributed by atoms with Gasteiger partial charge in [-0.05, 0) is 31.6 Å². The van der Waals surface area contributed by atoms with Crippen LogP contribution in [0.3, 0.4) is 0 Å². The molecule has 0 spiro atoms. The predicted octanol–water partition coefficient (Wildman–Crippen LogP) is 2.11. The van der Waals surface area contributed by atoms with Gasteiger partial charge in [-0.1, -0.05) is 19.8 Å². The second-order valence-corrected chi connectivity index (χ2v) is 5.74. The van der Waals surface area contributed by atoms with Gasteiger partial charge in [-0.15, -0.1) is 0 Å². The highest BCUT2D eigenvalue weighted by Gasteiger charge is 2.22. The summed E-state index contributed by atoms with van der Waals surface area (Å²) in [6.45, 7) is 9.77. The van der Waals surface area contributed by atoms with Crippen molar-refractivity contribution in [2.24, 2.45) is 11.8 Å². The van der Waals surface area contributed by atoms with Crippen molar-refractivity contribution in [1.82, 2.24) is 10.2 Å². The van der Waals surface area contributed by atoms with Gasteiger partial charge in [0, 0.05) is 32.2 Å². The number of rotatable bonds is 2. The van der Waals surface area contributed by atoms with Crippen LogP contribution in [0.1, 0.15) is 39.5 Å². The summed E-state index contributed by atoms with van der Waals surface area (Å²) in [5.41, 5.74) is 0. The lowest BCUT2D eigenvalue weighted by Gasteiger charge is -2.36. The van der Waals surface area contributed by atoms with E-state index < -0.39 is 0 Å². The van der Waals surface area contributed by atoms with Crippen LogP contribution in [0.15, 0.2) is 0 Å². The summed E-state index contributed by atoms with van der Waals surface area (Å²) in [5, 5.41) is 3.51. The molecular weight excluding hydrogens is 184 g/mol. The molecule has 0 aromatic carbocycles. The number of hydrogen-bond acceptors (Lipinski definition) is 2. The molecule has 2 fully saturated rings. The van der Waals surface area contributed by atoms with Crippen molar-refractivity contribution >= 4 is 0 Å². The fraction of sp³-hybridized carbons (Fsp3) is 1.00. The van der Waals surface area contributed by atoms with Crippen LogP contribution in [0.2, 0.25) is 0 Å². The smallest absolute Gasteiger partial charge is 0.0167 e. The molecule has 0 bridgehead atoms. The zero-order chi connectivity index (χ0) is 10.7. The molecule has 0 radical (unpaired) electrons. The zero-order valence-corrected chi connectivity index (χ0v) is 10.3. The first-order valence-electron chi connectivity index (χ1n) is 6.70. The van der Waals surface area contributed by atoms with E-state index in [-0.39, 0.29) is 0 Å². The van der Waals surface area contributed by atoms with Gasteiger partial charge < -0.3 is 10.2 Å². The second kappa shape index (κ2) is 5.31. The summed E-state index contributed by atoms with van der Waals surface area (Å²) in [5.74, 6) is 1.98. The van der Waals surface area contributed by atoms with Gasteiger partial charge in [0.2, 0.25) is 0 Å². The molecule has 1 saturated carbocycles. The molecular formula is C13H26N2. The molecule has 1 aliphatic carbocycles. The fourth-order valence-electron chi connectivity index (χ4n) is 3.05. The molecule has 2 heteroatoms. The Bertz CT molecular complexity index is 185. The number of hydrogen-bond donors (Lipinski definition) is 1. The first kappa shape index (κ1) is 11.4. The van der Waals surface area contributed by atoms with E-state index in [1.807, 2.05) is 0 Å². The summed E-state index contributed by atoms with van der Waals surface area (Å²) in [4.78, 5) is 2.67. The third-order valence-electron chi connectivity index (χ3n) is 4.10. The molecule has 88 valence electrons. The summed E-state index contributed by atoms with van der Waals surface area (Å²) in [7, 11) is 0. The van der Waals surface area contributed by atoms with Crippen LogP contribution in [0, 0.1) is 11.8 Å². The van der Waals surface area contributed by atoms with Gasteiger partial charge in [0.1, 0.15) is 0 Å². The Kier molecular flexibility index (Phi) is 4.04. The molecule has 1 N–H and O–H groups in total. The van der Waals surface area contributed by atoms with E-state index in [9.17, 15) is 0 Å². The van der Waals surface area contributed by atoms with E-state index in [0.717, 1.165) is 11.8 Å². The Balaban J connectivity index is 1.71. The van der Waals surface area contributed by atoms with Crippen LogP contribution in [0.25, 0.3) is 0 Å². The van der Waals surface area contributed by atoms with E-state index in [1.54, 1.807) is 0 Å². The third-order valence-corrected chi connectivity index (χ3v) is 4.10. The van der Waals surface area contributed by atoms with Crippen LogP contribution >= 0.6 is 0 Å². The maximum absolute atomic E-state index is 3.51. The fourth-order valence-corrected chi connectivity index (χ4v) is 3.05. The molecule has 1 atom stereocenters. The SMILES string of the molecule is CC1CCC(CN2CCNC(C)C2)CC1. The average molecular weight is 210 g/mol. The molecule has 2 rings (SSSR count). The summed E-state index contributed by atoms with van der Waals surface area (Å²) < 4.78 is 0. The molecule has 2 aliphatic rings. The normalized spacial score (nSPS) is 39.2.